The summed E-state index contributed by atoms with van der Waals surface area (Å²) in [6.45, 7) is 1.76. The Morgan fingerprint density at radius 2 is 1.77 bits per heavy atom. The lowest BCUT2D eigenvalue weighted by Crippen LogP contribution is -2.15. The normalized spacial score (nSPS) is 12.3. The first-order valence-electron chi connectivity index (χ1n) is 7.86. The zero-order chi connectivity index (χ0) is 19.3. The van der Waals surface area contributed by atoms with Gasteiger partial charge in [-0.15, -0.1) is 0 Å². The number of amides is 1. The summed E-state index contributed by atoms with van der Waals surface area (Å²) >= 11 is 0. The molecular weight excluding hydrogens is 347 g/mol. The fraction of sp³-hybridized carbons (Fsp3) is 0.263. The van der Waals surface area contributed by atoms with Gasteiger partial charge >= 0.3 is 12.1 Å². The molecule has 0 bridgehead atoms. The Bertz CT molecular complexity index is 785. The zero-order valence-electron chi connectivity index (χ0n) is 14.3. The fourth-order valence-electron chi connectivity index (χ4n) is 2.45. The van der Waals surface area contributed by atoms with Crippen molar-refractivity contribution in [1.82, 2.24) is 0 Å². The van der Waals surface area contributed by atoms with Gasteiger partial charge in [0.25, 0.3) is 0 Å². The predicted octanol–water partition coefficient (Wildman–Crippen LogP) is 4.62. The molecule has 0 saturated carbocycles. The van der Waals surface area contributed by atoms with Crippen LogP contribution >= 0.6 is 0 Å². The molecule has 4 nitrogen and oxygen atoms in total. The van der Waals surface area contributed by atoms with E-state index in [4.69, 9.17) is 0 Å². The highest BCUT2D eigenvalue weighted by Crippen LogP contribution is 2.30. The average molecular weight is 365 g/mol. The Kier molecular flexibility index (Phi) is 6.02. The first-order chi connectivity index (χ1) is 12.2. The molecule has 0 saturated heterocycles. The number of methoxy groups -OCH3 is 1. The van der Waals surface area contributed by atoms with E-state index in [1.54, 1.807) is 25.1 Å². The van der Waals surface area contributed by atoms with Crippen LogP contribution in [0.5, 0.6) is 0 Å². The van der Waals surface area contributed by atoms with Gasteiger partial charge in [0, 0.05) is 12.1 Å². The monoisotopic (exact) mass is 365 g/mol. The van der Waals surface area contributed by atoms with Crippen LogP contribution < -0.4 is 5.32 Å². The van der Waals surface area contributed by atoms with Gasteiger partial charge in [0.05, 0.1) is 18.2 Å². The molecule has 2 aromatic rings. The number of ether oxygens (including phenoxy) is 1. The highest BCUT2D eigenvalue weighted by atomic mass is 19.4. The van der Waals surface area contributed by atoms with Crippen molar-refractivity contribution in [2.24, 2.45) is 0 Å². The number of carbonyl (C=O) groups excluding carboxylic acids is 2. The summed E-state index contributed by atoms with van der Waals surface area (Å²) in [6, 6.07) is 11.1. The van der Waals surface area contributed by atoms with Gasteiger partial charge in [-0.3, -0.25) is 4.79 Å². The van der Waals surface area contributed by atoms with Crippen molar-refractivity contribution in [3.05, 3.63) is 65.2 Å². The Morgan fingerprint density at radius 1 is 1.12 bits per heavy atom. The summed E-state index contributed by atoms with van der Waals surface area (Å²) in [7, 11) is 1.26. The van der Waals surface area contributed by atoms with Crippen molar-refractivity contribution in [1.29, 1.82) is 0 Å². The molecular formula is C19H18F3NO3. The van der Waals surface area contributed by atoms with E-state index in [1.807, 2.05) is 0 Å². The smallest absolute Gasteiger partial charge is 0.416 e. The number of benzene rings is 2. The van der Waals surface area contributed by atoms with Gasteiger partial charge in [-0.05, 0) is 41.8 Å². The number of nitrogens with one attached hydrogen (secondary N) is 1. The molecule has 2 aromatic carbocycles. The molecule has 0 radical (unpaired) electrons. The molecule has 0 fully saturated rings. The largest absolute Gasteiger partial charge is 0.465 e. The molecule has 138 valence electrons. The SMILES string of the molecule is COC(=O)c1cccc(NC(=O)CC(C)c2ccc(C(F)(F)F)cc2)c1. The Morgan fingerprint density at radius 3 is 2.35 bits per heavy atom. The van der Waals surface area contributed by atoms with Gasteiger partial charge in [-0.1, -0.05) is 25.1 Å². The summed E-state index contributed by atoms with van der Waals surface area (Å²) in [5.41, 5.74) is 0.660. The lowest BCUT2D eigenvalue weighted by atomic mass is 9.96. The first-order valence-corrected chi connectivity index (χ1v) is 7.86. The molecule has 0 spiro atoms. The molecule has 1 amide bonds. The molecule has 0 aliphatic carbocycles. The van der Waals surface area contributed by atoms with E-state index in [9.17, 15) is 22.8 Å². The minimum absolute atomic E-state index is 0.0911. The van der Waals surface area contributed by atoms with Gasteiger partial charge in [0.15, 0.2) is 0 Å². The lowest BCUT2D eigenvalue weighted by Gasteiger charge is -2.14. The van der Waals surface area contributed by atoms with Gasteiger partial charge in [0.2, 0.25) is 5.91 Å². The molecule has 0 heterocycles. The zero-order valence-corrected chi connectivity index (χ0v) is 14.3. The third-order valence-electron chi connectivity index (χ3n) is 3.87. The van der Waals surface area contributed by atoms with Crippen LogP contribution in [0.3, 0.4) is 0 Å². The number of rotatable bonds is 5. The highest BCUT2D eigenvalue weighted by molar-refractivity contribution is 5.94. The van der Waals surface area contributed by atoms with Crippen molar-refractivity contribution in [2.45, 2.75) is 25.4 Å². The number of hydrogen-bond donors (Lipinski definition) is 1. The Balaban J connectivity index is 2.00. The molecule has 0 aromatic heterocycles. The molecule has 0 aliphatic heterocycles. The minimum Gasteiger partial charge on any atom is -0.465 e. The van der Waals surface area contributed by atoms with Gasteiger partial charge in [-0.2, -0.15) is 13.2 Å². The van der Waals surface area contributed by atoms with Crippen LogP contribution in [0.1, 0.15) is 40.7 Å². The number of alkyl halides is 3. The summed E-state index contributed by atoms with van der Waals surface area (Å²) < 4.78 is 42.4. The first kappa shape index (κ1) is 19.5. The standard InChI is InChI=1S/C19H18F3NO3/c1-12(13-6-8-15(9-7-13)19(20,21)22)10-17(24)23-16-5-3-4-14(11-16)18(25)26-2/h3-9,11-12H,10H2,1-2H3,(H,23,24). The van der Waals surface area contributed by atoms with Crippen LogP contribution in [0.25, 0.3) is 0 Å². The lowest BCUT2D eigenvalue weighted by molar-refractivity contribution is -0.137. The topological polar surface area (TPSA) is 55.4 Å². The van der Waals surface area contributed by atoms with Crippen molar-refractivity contribution in [3.8, 4) is 0 Å². The second-order valence-electron chi connectivity index (χ2n) is 5.85. The Hall–Kier alpha value is -2.83. The quantitative estimate of drug-likeness (QED) is 0.787. The Labute approximate surface area is 149 Å². The maximum atomic E-state index is 12.6. The molecule has 1 atom stereocenters. The molecule has 2 rings (SSSR count). The van der Waals surface area contributed by atoms with E-state index in [-0.39, 0.29) is 18.2 Å². The number of carbonyl (C=O) groups is 2. The third-order valence-corrected chi connectivity index (χ3v) is 3.87. The van der Waals surface area contributed by atoms with Gasteiger partial charge in [0.1, 0.15) is 0 Å². The minimum atomic E-state index is -4.39. The second-order valence-corrected chi connectivity index (χ2v) is 5.85. The molecule has 1 N–H and O–H groups in total. The van der Waals surface area contributed by atoms with Crippen molar-refractivity contribution >= 4 is 17.6 Å². The molecule has 0 aliphatic rings. The van der Waals surface area contributed by atoms with Crippen LogP contribution in [0, 0.1) is 0 Å². The number of anilines is 1. The van der Waals surface area contributed by atoms with Crippen LogP contribution in [0.2, 0.25) is 0 Å². The number of hydrogen-bond acceptors (Lipinski definition) is 3. The van der Waals surface area contributed by atoms with E-state index in [0.717, 1.165) is 12.1 Å². The van der Waals surface area contributed by atoms with E-state index >= 15 is 0 Å². The van der Waals surface area contributed by atoms with Crippen molar-refractivity contribution < 1.29 is 27.5 Å². The summed E-state index contributed by atoms with van der Waals surface area (Å²) in [5, 5.41) is 2.67. The summed E-state index contributed by atoms with van der Waals surface area (Å²) in [5.74, 6) is -1.08. The maximum Gasteiger partial charge on any atom is 0.416 e. The molecule has 7 heteroatoms. The van der Waals surface area contributed by atoms with Crippen LogP contribution in [-0.2, 0) is 15.7 Å². The van der Waals surface area contributed by atoms with Crippen molar-refractivity contribution in [3.63, 3.8) is 0 Å². The van der Waals surface area contributed by atoms with Crippen LogP contribution in [0.4, 0.5) is 18.9 Å². The summed E-state index contributed by atoms with van der Waals surface area (Å²) in [4.78, 5) is 23.7. The highest BCUT2D eigenvalue weighted by Gasteiger charge is 2.30. The van der Waals surface area contributed by atoms with Crippen LogP contribution in [-0.4, -0.2) is 19.0 Å². The van der Waals surface area contributed by atoms with Gasteiger partial charge in [-0.25, -0.2) is 4.79 Å². The average Bonchev–Trinajstić information content (AvgIpc) is 2.60. The summed E-state index contributed by atoms with van der Waals surface area (Å²) in [6.07, 6.45) is -4.29. The number of halogens is 3. The fourth-order valence-corrected chi connectivity index (χ4v) is 2.45. The van der Waals surface area contributed by atoms with E-state index in [0.29, 0.717) is 16.8 Å². The number of esters is 1. The molecule has 26 heavy (non-hydrogen) atoms. The van der Waals surface area contributed by atoms with E-state index < -0.39 is 17.7 Å². The van der Waals surface area contributed by atoms with E-state index in [1.165, 1.54) is 25.3 Å². The molecule has 1 unspecified atom stereocenters. The van der Waals surface area contributed by atoms with Crippen molar-refractivity contribution in [2.75, 3.05) is 12.4 Å². The van der Waals surface area contributed by atoms with E-state index in [2.05, 4.69) is 10.1 Å². The maximum absolute atomic E-state index is 12.6. The van der Waals surface area contributed by atoms with Gasteiger partial charge < -0.3 is 10.1 Å². The van der Waals surface area contributed by atoms with Crippen LogP contribution in [0.15, 0.2) is 48.5 Å². The second kappa shape index (κ2) is 8.03. The third kappa shape index (κ3) is 5.08. The predicted molar refractivity (Wildman–Crippen MR) is 90.9 cm³/mol.